The van der Waals surface area contributed by atoms with Crippen molar-refractivity contribution < 1.29 is 9.84 Å². The van der Waals surface area contributed by atoms with Gasteiger partial charge in [-0.15, -0.1) is 11.3 Å². The van der Waals surface area contributed by atoms with Crippen LogP contribution in [0.4, 0.5) is 5.82 Å². The first-order valence-corrected chi connectivity index (χ1v) is 8.38. The third kappa shape index (κ3) is 4.04. The maximum atomic E-state index is 10.1. The Kier molecular flexibility index (Phi) is 5.17. The maximum absolute atomic E-state index is 10.1. The van der Waals surface area contributed by atoms with Crippen molar-refractivity contribution in [2.45, 2.75) is 19.1 Å². The number of fused-ring (bicyclic) bond motifs is 1. The van der Waals surface area contributed by atoms with Gasteiger partial charge in [0.1, 0.15) is 17.0 Å². The van der Waals surface area contributed by atoms with Gasteiger partial charge in [-0.3, -0.25) is 0 Å². The molecule has 0 fully saturated rings. The second kappa shape index (κ2) is 7.50. The van der Waals surface area contributed by atoms with Crippen LogP contribution < -0.4 is 5.32 Å². The lowest BCUT2D eigenvalue weighted by Gasteiger charge is -2.17. The lowest BCUT2D eigenvalue weighted by atomic mass is 10.1. The Balaban J connectivity index is 1.50. The number of nitrogens with zero attached hydrogens (tertiary/aromatic N) is 2. The molecule has 2 aromatic heterocycles. The standard InChI is InChI=1S/C17H19N3O2S/c1-12(13-5-3-2-4-6-13)22-10-14(21)9-18-16-15-7-8-23-17(15)20-11-19-16/h2-8,11-12,14,21H,9-10H2,1H3,(H,18,19,20)/t12-,14-/m0/s1. The smallest absolute Gasteiger partial charge is 0.138 e. The molecule has 0 saturated heterocycles. The third-order valence-electron chi connectivity index (χ3n) is 3.57. The molecule has 2 heterocycles. The third-order valence-corrected chi connectivity index (χ3v) is 4.40. The van der Waals surface area contributed by atoms with Crippen molar-refractivity contribution in [1.82, 2.24) is 9.97 Å². The quantitative estimate of drug-likeness (QED) is 0.696. The summed E-state index contributed by atoms with van der Waals surface area (Å²) in [6.07, 6.45) is 0.875. The predicted molar refractivity (Wildman–Crippen MR) is 92.7 cm³/mol. The van der Waals surface area contributed by atoms with Gasteiger partial charge in [0, 0.05) is 6.54 Å². The summed E-state index contributed by atoms with van der Waals surface area (Å²) in [5.41, 5.74) is 1.10. The fourth-order valence-corrected chi connectivity index (χ4v) is 3.01. The summed E-state index contributed by atoms with van der Waals surface area (Å²) in [7, 11) is 0. The van der Waals surface area contributed by atoms with Crippen LogP contribution in [-0.2, 0) is 4.74 Å². The van der Waals surface area contributed by atoms with Gasteiger partial charge in [-0.2, -0.15) is 0 Å². The molecule has 6 heteroatoms. The van der Waals surface area contributed by atoms with Crippen molar-refractivity contribution in [1.29, 1.82) is 0 Å². The van der Waals surface area contributed by atoms with Gasteiger partial charge in [0.25, 0.3) is 0 Å². The summed E-state index contributed by atoms with van der Waals surface area (Å²) in [5.74, 6) is 0.742. The van der Waals surface area contributed by atoms with E-state index in [0.29, 0.717) is 6.54 Å². The van der Waals surface area contributed by atoms with Gasteiger partial charge in [-0.25, -0.2) is 9.97 Å². The number of ether oxygens (including phenoxy) is 1. The Bertz CT molecular complexity index is 748. The Morgan fingerprint density at radius 2 is 2.04 bits per heavy atom. The molecule has 0 aliphatic heterocycles. The number of hydrogen-bond donors (Lipinski definition) is 2. The number of aliphatic hydroxyl groups excluding tert-OH is 1. The van der Waals surface area contributed by atoms with E-state index < -0.39 is 6.10 Å². The fraction of sp³-hybridized carbons (Fsp3) is 0.294. The van der Waals surface area contributed by atoms with E-state index in [9.17, 15) is 5.11 Å². The molecule has 120 valence electrons. The van der Waals surface area contributed by atoms with Gasteiger partial charge in [-0.1, -0.05) is 30.3 Å². The molecule has 3 rings (SSSR count). The summed E-state index contributed by atoms with van der Waals surface area (Å²) in [6, 6.07) is 11.9. The topological polar surface area (TPSA) is 67.3 Å². The first-order chi connectivity index (χ1) is 11.2. The Labute approximate surface area is 139 Å². The zero-order valence-electron chi connectivity index (χ0n) is 12.8. The lowest BCUT2D eigenvalue weighted by Crippen LogP contribution is -2.25. The zero-order valence-corrected chi connectivity index (χ0v) is 13.7. The van der Waals surface area contributed by atoms with Crippen molar-refractivity contribution in [3.05, 3.63) is 53.7 Å². The van der Waals surface area contributed by atoms with Crippen LogP contribution in [0, 0.1) is 0 Å². The van der Waals surface area contributed by atoms with Gasteiger partial charge >= 0.3 is 0 Å². The molecule has 0 aliphatic rings. The van der Waals surface area contributed by atoms with Crippen LogP contribution in [0.25, 0.3) is 10.2 Å². The molecule has 0 aliphatic carbocycles. The summed E-state index contributed by atoms with van der Waals surface area (Å²) in [6.45, 7) is 2.62. The molecular formula is C17H19N3O2S. The highest BCUT2D eigenvalue weighted by Crippen LogP contribution is 2.23. The second-order valence-corrected chi connectivity index (χ2v) is 6.18. The number of rotatable bonds is 7. The number of thiophene rings is 1. The van der Waals surface area contributed by atoms with Crippen molar-refractivity contribution >= 4 is 27.4 Å². The highest BCUT2D eigenvalue weighted by molar-refractivity contribution is 7.16. The highest BCUT2D eigenvalue weighted by atomic mass is 32.1. The largest absolute Gasteiger partial charge is 0.389 e. The maximum Gasteiger partial charge on any atom is 0.138 e. The second-order valence-electron chi connectivity index (χ2n) is 5.28. The predicted octanol–water partition coefficient (Wildman–Crippen LogP) is 3.24. The first-order valence-electron chi connectivity index (χ1n) is 7.50. The highest BCUT2D eigenvalue weighted by Gasteiger charge is 2.11. The van der Waals surface area contributed by atoms with Crippen LogP contribution in [0.2, 0.25) is 0 Å². The van der Waals surface area contributed by atoms with E-state index in [1.807, 2.05) is 48.7 Å². The van der Waals surface area contributed by atoms with Gasteiger partial charge in [0.15, 0.2) is 0 Å². The first kappa shape index (κ1) is 15.9. The molecule has 0 saturated carbocycles. The van der Waals surface area contributed by atoms with Crippen LogP contribution in [0.15, 0.2) is 48.1 Å². The molecule has 5 nitrogen and oxygen atoms in total. The Hall–Kier alpha value is -2.02. The molecule has 0 spiro atoms. The van der Waals surface area contributed by atoms with Gasteiger partial charge in [-0.05, 0) is 23.9 Å². The number of benzene rings is 1. The van der Waals surface area contributed by atoms with E-state index >= 15 is 0 Å². The number of aliphatic hydroxyl groups is 1. The van der Waals surface area contributed by atoms with E-state index in [-0.39, 0.29) is 12.7 Å². The van der Waals surface area contributed by atoms with Gasteiger partial charge in [0.2, 0.25) is 0 Å². The van der Waals surface area contributed by atoms with Crippen molar-refractivity contribution in [2.24, 2.45) is 0 Å². The molecule has 0 radical (unpaired) electrons. The molecule has 2 N–H and O–H groups in total. The van der Waals surface area contributed by atoms with Crippen molar-refractivity contribution in [2.75, 3.05) is 18.5 Å². The monoisotopic (exact) mass is 329 g/mol. The molecule has 0 amide bonds. The Morgan fingerprint density at radius 3 is 2.87 bits per heavy atom. The lowest BCUT2D eigenvalue weighted by molar-refractivity contribution is 0.00242. The zero-order chi connectivity index (χ0) is 16.1. The minimum atomic E-state index is -0.607. The fourth-order valence-electron chi connectivity index (χ4n) is 2.28. The summed E-state index contributed by atoms with van der Waals surface area (Å²) in [5, 5.41) is 16.2. The number of hydrogen-bond acceptors (Lipinski definition) is 6. The molecule has 0 bridgehead atoms. The van der Waals surface area contributed by atoms with Gasteiger partial charge in [0.05, 0.1) is 24.2 Å². The Morgan fingerprint density at radius 1 is 1.22 bits per heavy atom. The summed E-state index contributed by atoms with van der Waals surface area (Å²) >= 11 is 1.57. The van der Waals surface area contributed by atoms with E-state index in [4.69, 9.17) is 4.74 Å². The molecular weight excluding hydrogens is 310 g/mol. The average molecular weight is 329 g/mol. The van der Waals surface area contributed by atoms with Crippen LogP contribution in [0.5, 0.6) is 0 Å². The van der Waals surface area contributed by atoms with E-state index in [1.165, 1.54) is 6.33 Å². The molecule has 0 unspecified atom stereocenters. The number of nitrogens with one attached hydrogen (secondary N) is 1. The SMILES string of the molecule is C[C@H](OC[C@@H](O)CNc1ncnc2sccc12)c1ccccc1. The summed E-state index contributed by atoms with van der Waals surface area (Å²) in [4.78, 5) is 9.36. The van der Waals surface area contributed by atoms with Crippen LogP contribution in [-0.4, -0.2) is 34.3 Å². The number of aromatic nitrogens is 2. The van der Waals surface area contributed by atoms with E-state index in [2.05, 4.69) is 15.3 Å². The minimum absolute atomic E-state index is 0.0477. The molecule has 1 aromatic carbocycles. The normalized spacial score (nSPS) is 13.8. The molecule has 3 aromatic rings. The molecule has 23 heavy (non-hydrogen) atoms. The van der Waals surface area contributed by atoms with Crippen molar-refractivity contribution in [3.63, 3.8) is 0 Å². The van der Waals surface area contributed by atoms with Crippen molar-refractivity contribution in [3.8, 4) is 0 Å². The van der Waals surface area contributed by atoms with E-state index in [1.54, 1.807) is 11.3 Å². The number of anilines is 1. The van der Waals surface area contributed by atoms with Gasteiger partial charge < -0.3 is 15.2 Å². The van der Waals surface area contributed by atoms with Crippen LogP contribution in [0.3, 0.4) is 0 Å². The summed E-state index contributed by atoms with van der Waals surface area (Å²) < 4.78 is 5.73. The van der Waals surface area contributed by atoms with E-state index in [0.717, 1.165) is 21.6 Å². The minimum Gasteiger partial charge on any atom is -0.389 e. The average Bonchev–Trinajstić information content (AvgIpc) is 3.07. The van der Waals surface area contributed by atoms with Crippen LogP contribution in [0.1, 0.15) is 18.6 Å². The van der Waals surface area contributed by atoms with Crippen LogP contribution >= 0.6 is 11.3 Å². The molecule has 2 atom stereocenters.